The van der Waals surface area contributed by atoms with E-state index in [0.29, 0.717) is 11.6 Å². The van der Waals surface area contributed by atoms with Gasteiger partial charge in [0.15, 0.2) is 0 Å². The number of pyridine rings is 2. The Balaban J connectivity index is 1.86. The molecule has 5 heteroatoms. The zero-order valence-corrected chi connectivity index (χ0v) is 12.3. The molecule has 4 nitrogen and oxygen atoms in total. The van der Waals surface area contributed by atoms with E-state index in [-0.39, 0.29) is 0 Å². The summed E-state index contributed by atoms with van der Waals surface area (Å²) in [4.78, 5) is 8.69. The molecule has 0 saturated carbocycles. The number of rotatable bonds is 4. The van der Waals surface area contributed by atoms with E-state index in [1.54, 1.807) is 25.6 Å². The molecule has 1 aromatic carbocycles. The van der Waals surface area contributed by atoms with Gasteiger partial charge in [0.25, 0.3) is 0 Å². The Morgan fingerprint density at radius 3 is 2.90 bits per heavy atom. The lowest BCUT2D eigenvalue weighted by atomic mass is 10.2. The topological polar surface area (TPSA) is 47.0 Å². The molecule has 0 fully saturated rings. The maximum Gasteiger partial charge on any atom is 0.145 e. The minimum absolute atomic E-state index is 0.569. The second-order valence-corrected chi connectivity index (χ2v) is 4.95. The van der Waals surface area contributed by atoms with Crippen LogP contribution < -0.4 is 10.1 Å². The number of nitrogens with one attached hydrogen (secondary N) is 1. The molecule has 0 unspecified atom stereocenters. The van der Waals surface area contributed by atoms with Gasteiger partial charge in [0.2, 0.25) is 0 Å². The highest BCUT2D eigenvalue weighted by Gasteiger charge is 2.05. The molecule has 21 heavy (non-hydrogen) atoms. The normalized spacial score (nSPS) is 10.6. The Hall–Kier alpha value is -2.33. The standard InChI is InChI=1S/C16H14ClN3O/c1-21-15-4-2-3-11-5-6-12(20-16(11)15)9-19-14-10-18-8-7-13(14)17/h2-8,10,19H,9H2,1H3. The van der Waals surface area contributed by atoms with E-state index < -0.39 is 0 Å². The van der Waals surface area contributed by atoms with Crippen molar-refractivity contribution in [1.82, 2.24) is 9.97 Å². The van der Waals surface area contributed by atoms with E-state index in [1.807, 2.05) is 30.3 Å². The number of benzene rings is 1. The Labute approximate surface area is 127 Å². The summed E-state index contributed by atoms with van der Waals surface area (Å²) in [6, 6.07) is 11.6. The highest BCUT2D eigenvalue weighted by Crippen LogP contribution is 2.24. The number of aromatic nitrogens is 2. The van der Waals surface area contributed by atoms with Crippen LogP contribution in [0, 0.1) is 0 Å². The van der Waals surface area contributed by atoms with Gasteiger partial charge >= 0.3 is 0 Å². The van der Waals surface area contributed by atoms with Gasteiger partial charge in [-0.25, -0.2) is 4.98 Å². The molecule has 106 valence electrons. The molecule has 1 N–H and O–H groups in total. The van der Waals surface area contributed by atoms with Crippen LogP contribution in [-0.4, -0.2) is 17.1 Å². The molecule has 2 heterocycles. The van der Waals surface area contributed by atoms with Crippen LogP contribution in [0.4, 0.5) is 5.69 Å². The first kappa shape index (κ1) is 13.6. The first-order valence-electron chi connectivity index (χ1n) is 6.54. The zero-order valence-electron chi connectivity index (χ0n) is 11.5. The number of fused-ring (bicyclic) bond motifs is 1. The molecule has 2 aromatic heterocycles. The molecule has 3 rings (SSSR count). The third kappa shape index (κ3) is 2.90. The van der Waals surface area contributed by atoms with Gasteiger partial charge in [0, 0.05) is 11.6 Å². The summed E-state index contributed by atoms with van der Waals surface area (Å²) in [5.74, 6) is 0.772. The third-order valence-electron chi connectivity index (χ3n) is 3.19. The lowest BCUT2D eigenvalue weighted by Gasteiger charge is -2.09. The van der Waals surface area contributed by atoms with Gasteiger partial charge in [-0.3, -0.25) is 4.98 Å². The summed E-state index contributed by atoms with van der Waals surface area (Å²) in [6.07, 6.45) is 3.36. The first-order chi connectivity index (χ1) is 10.3. The molecule has 0 bridgehead atoms. The second kappa shape index (κ2) is 5.97. The zero-order chi connectivity index (χ0) is 14.7. The average molecular weight is 300 g/mol. The van der Waals surface area contributed by atoms with Gasteiger partial charge in [-0.15, -0.1) is 0 Å². The van der Waals surface area contributed by atoms with Crippen LogP contribution in [0.2, 0.25) is 5.02 Å². The Kier molecular flexibility index (Phi) is 3.88. The summed E-state index contributed by atoms with van der Waals surface area (Å²) in [5, 5.41) is 4.93. The van der Waals surface area contributed by atoms with Crippen molar-refractivity contribution in [3.05, 3.63) is 59.5 Å². The van der Waals surface area contributed by atoms with Gasteiger partial charge in [-0.05, 0) is 18.2 Å². The number of nitrogens with zero attached hydrogens (tertiary/aromatic N) is 2. The van der Waals surface area contributed by atoms with Crippen LogP contribution in [0.25, 0.3) is 10.9 Å². The average Bonchev–Trinajstić information content (AvgIpc) is 2.53. The predicted molar refractivity (Wildman–Crippen MR) is 84.9 cm³/mol. The summed E-state index contributed by atoms with van der Waals surface area (Å²) in [7, 11) is 1.65. The molecule has 0 saturated heterocycles. The van der Waals surface area contributed by atoms with E-state index in [0.717, 1.165) is 28.0 Å². The van der Waals surface area contributed by atoms with E-state index in [4.69, 9.17) is 16.3 Å². The van der Waals surface area contributed by atoms with Crippen LogP contribution in [0.5, 0.6) is 5.75 Å². The summed E-state index contributed by atoms with van der Waals surface area (Å²) in [6.45, 7) is 0.569. The molecule has 0 aliphatic carbocycles. The van der Waals surface area contributed by atoms with Crippen molar-refractivity contribution in [3.8, 4) is 5.75 Å². The number of anilines is 1. The molecule has 0 aliphatic heterocycles. The SMILES string of the molecule is COc1cccc2ccc(CNc3cnccc3Cl)nc12. The molecular formula is C16H14ClN3O. The second-order valence-electron chi connectivity index (χ2n) is 4.54. The molecule has 0 aliphatic rings. The van der Waals surface area contributed by atoms with Crippen LogP contribution in [0.3, 0.4) is 0 Å². The van der Waals surface area contributed by atoms with Crippen LogP contribution >= 0.6 is 11.6 Å². The Morgan fingerprint density at radius 1 is 1.19 bits per heavy atom. The van der Waals surface area contributed by atoms with Crippen LogP contribution in [0.15, 0.2) is 48.8 Å². The van der Waals surface area contributed by atoms with Crippen molar-refractivity contribution in [2.45, 2.75) is 6.54 Å². The lowest BCUT2D eigenvalue weighted by Crippen LogP contribution is -2.02. The van der Waals surface area contributed by atoms with E-state index >= 15 is 0 Å². The Bertz CT molecular complexity index is 776. The van der Waals surface area contributed by atoms with Crippen molar-refractivity contribution in [2.24, 2.45) is 0 Å². The summed E-state index contributed by atoms with van der Waals surface area (Å²) < 4.78 is 5.35. The van der Waals surface area contributed by atoms with Crippen molar-refractivity contribution < 1.29 is 4.74 Å². The van der Waals surface area contributed by atoms with Gasteiger partial charge in [-0.2, -0.15) is 0 Å². The summed E-state index contributed by atoms with van der Waals surface area (Å²) in [5.41, 5.74) is 2.56. The highest BCUT2D eigenvalue weighted by molar-refractivity contribution is 6.33. The van der Waals surface area contributed by atoms with Gasteiger partial charge in [-0.1, -0.05) is 29.8 Å². The molecule has 0 amide bonds. The highest BCUT2D eigenvalue weighted by atomic mass is 35.5. The van der Waals surface area contributed by atoms with E-state index in [1.165, 1.54) is 0 Å². The lowest BCUT2D eigenvalue weighted by molar-refractivity contribution is 0.419. The van der Waals surface area contributed by atoms with Crippen molar-refractivity contribution in [1.29, 1.82) is 0 Å². The summed E-state index contributed by atoms with van der Waals surface area (Å²) >= 11 is 6.09. The number of para-hydroxylation sites is 1. The number of halogens is 1. The quantitative estimate of drug-likeness (QED) is 0.793. The van der Waals surface area contributed by atoms with E-state index in [9.17, 15) is 0 Å². The first-order valence-corrected chi connectivity index (χ1v) is 6.92. The minimum atomic E-state index is 0.569. The third-order valence-corrected chi connectivity index (χ3v) is 3.52. The number of ether oxygens (including phenoxy) is 1. The molecular weight excluding hydrogens is 286 g/mol. The maximum absolute atomic E-state index is 6.09. The van der Waals surface area contributed by atoms with Crippen LogP contribution in [-0.2, 0) is 6.54 Å². The fraction of sp³-hybridized carbons (Fsp3) is 0.125. The minimum Gasteiger partial charge on any atom is -0.494 e. The van der Waals surface area contributed by atoms with E-state index in [2.05, 4.69) is 15.3 Å². The largest absolute Gasteiger partial charge is 0.494 e. The van der Waals surface area contributed by atoms with Crippen LogP contribution in [0.1, 0.15) is 5.69 Å². The monoisotopic (exact) mass is 299 g/mol. The molecule has 0 radical (unpaired) electrons. The predicted octanol–water partition coefficient (Wildman–Crippen LogP) is 3.90. The van der Waals surface area contributed by atoms with Gasteiger partial charge in [0.05, 0.1) is 36.3 Å². The Morgan fingerprint density at radius 2 is 2.10 bits per heavy atom. The molecule has 0 spiro atoms. The van der Waals surface area contributed by atoms with Crippen molar-refractivity contribution >= 4 is 28.2 Å². The van der Waals surface area contributed by atoms with Gasteiger partial charge < -0.3 is 10.1 Å². The smallest absolute Gasteiger partial charge is 0.145 e. The van der Waals surface area contributed by atoms with Crippen molar-refractivity contribution in [3.63, 3.8) is 0 Å². The van der Waals surface area contributed by atoms with Gasteiger partial charge in [0.1, 0.15) is 11.3 Å². The molecule has 3 aromatic rings. The van der Waals surface area contributed by atoms with Crippen molar-refractivity contribution in [2.75, 3.05) is 12.4 Å². The number of hydrogen-bond acceptors (Lipinski definition) is 4. The fourth-order valence-corrected chi connectivity index (χ4v) is 2.29. The maximum atomic E-state index is 6.09. The fourth-order valence-electron chi connectivity index (χ4n) is 2.12. The number of methoxy groups -OCH3 is 1. The molecule has 0 atom stereocenters. The number of hydrogen-bond donors (Lipinski definition) is 1.